The Hall–Kier alpha value is -1.81. The highest BCUT2D eigenvalue weighted by Crippen LogP contribution is 2.33. The number of carbonyl (C=O) groups excluding carboxylic acids is 1. The van der Waals surface area contributed by atoms with Crippen molar-refractivity contribution < 1.29 is 14.6 Å². The molecule has 1 aliphatic heterocycles. The third kappa shape index (κ3) is 2.79. The van der Waals surface area contributed by atoms with Crippen LogP contribution in [-0.2, 0) is 11.2 Å². The lowest BCUT2D eigenvalue weighted by molar-refractivity contribution is 0.101. The van der Waals surface area contributed by atoms with Crippen LogP contribution in [0.4, 0.5) is 5.69 Å². The Balaban J connectivity index is 2.44. The molecule has 4 nitrogen and oxygen atoms in total. The van der Waals surface area contributed by atoms with Crippen LogP contribution in [0.5, 0.6) is 5.75 Å². The highest BCUT2D eigenvalue weighted by Gasteiger charge is 2.19. The highest BCUT2D eigenvalue weighted by molar-refractivity contribution is 5.98. The topological polar surface area (TPSA) is 49.8 Å². The molecule has 2 rings (SSSR count). The van der Waals surface area contributed by atoms with E-state index < -0.39 is 0 Å². The summed E-state index contributed by atoms with van der Waals surface area (Å²) in [5.41, 5.74) is 2.10. The fourth-order valence-corrected chi connectivity index (χ4v) is 2.36. The fraction of sp³-hybridized carbons (Fsp3) is 0.400. The van der Waals surface area contributed by atoms with Crippen LogP contribution in [-0.4, -0.2) is 37.2 Å². The molecule has 1 aromatic rings. The number of anilines is 1. The summed E-state index contributed by atoms with van der Waals surface area (Å²) in [6, 6.07) is 3.59. The van der Waals surface area contributed by atoms with Crippen LogP contribution in [0.15, 0.2) is 24.8 Å². The van der Waals surface area contributed by atoms with Gasteiger partial charge in [-0.2, -0.15) is 0 Å². The summed E-state index contributed by atoms with van der Waals surface area (Å²) < 4.78 is 5.33. The molecule has 1 aromatic carbocycles. The van der Waals surface area contributed by atoms with E-state index in [-0.39, 0.29) is 11.5 Å². The quantitative estimate of drug-likeness (QED) is 0.666. The van der Waals surface area contributed by atoms with Crippen LogP contribution in [0, 0.1) is 0 Å². The van der Waals surface area contributed by atoms with E-state index in [9.17, 15) is 9.90 Å². The van der Waals surface area contributed by atoms with Gasteiger partial charge in [0.05, 0.1) is 18.8 Å². The number of hydrogen-bond acceptors (Lipinski definition) is 4. The zero-order valence-corrected chi connectivity index (χ0v) is 11.2. The zero-order valence-electron chi connectivity index (χ0n) is 11.2. The summed E-state index contributed by atoms with van der Waals surface area (Å²) in [4.78, 5) is 13.7. The van der Waals surface area contributed by atoms with Gasteiger partial charge in [0.1, 0.15) is 5.75 Å². The lowest BCUT2D eigenvalue weighted by Crippen LogP contribution is -2.36. The minimum absolute atomic E-state index is 0.0800. The van der Waals surface area contributed by atoms with Crippen molar-refractivity contribution in [2.75, 3.05) is 31.2 Å². The van der Waals surface area contributed by atoms with Crippen LogP contribution >= 0.6 is 0 Å². The Morgan fingerprint density at radius 1 is 1.47 bits per heavy atom. The van der Waals surface area contributed by atoms with Gasteiger partial charge in [0, 0.05) is 24.3 Å². The molecular weight excluding hydrogens is 242 g/mol. The van der Waals surface area contributed by atoms with Gasteiger partial charge < -0.3 is 14.7 Å². The van der Waals surface area contributed by atoms with E-state index in [1.165, 1.54) is 6.92 Å². The van der Waals surface area contributed by atoms with E-state index in [1.54, 1.807) is 12.1 Å². The SMILES string of the molecule is C=CCc1c(N2CCOCC2)ccc(C(C)=O)c1O. The van der Waals surface area contributed by atoms with Crippen molar-refractivity contribution in [3.8, 4) is 5.75 Å². The molecule has 0 spiro atoms. The minimum atomic E-state index is -0.128. The molecule has 4 heteroatoms. The third-order valence-corrected chi connectivity index (χ3v) is 3.34. The Morgan fingerprint density at radius 2 is 2.16 bits per heavy atom. The molecule has 0 aromatic heterocycles. The molecule has 0 radical (unpaired) electrons. The fourth-order valence-electron chi connectivity index (χ4n) is 2.36. The van der Waals surface area contributed by atoms with Gasteiger partial charge in [-0.3, -0.25) is 4.79 Å². The molecule has 0 amide bonds. The predicted octanol–water partition coefficient (Wildman–Crippen LogP) is 2.16. The number of allylic oxidation sites excluding steroid dienone is 1. The van der Waals surface area contributed by atoms with E-state index in [4.69, 9.17) is 4.74 Å². The van der Waals surface area contributed by atoms with Crippen molar-refractivity contribution in [1.29, 1.82) is 0 Å². The molecule has 102 valence electrons. The van der Waals surface area contributed by atoms with E-state index in [0.29, 0.717) is 25.2 Å². The Labute approximate surface area is 113 Å². The third-order valence-electron chi connectivity index (χ3n) is 3.34. The standard InChI is InChI=1S/C15H19NO3/c1-3-4-13-14(16-7-9-19-10-8-16)6-5-12(11(2)17)15(13)18/h3,5-6,18H,1,4,7-10H2,2H3. The number of aromatic hydroxyl groups is 1. The molecule has 1 fully saturated rings. The first-order valence-corrected chi connectivity index (χ1v) is 6.44. The second-order valence-corrected chi connectivity index (χ2v) is 4.61. The number of ether oxygens (including phenoxy) is 1. The number of nitrogens with zero attached hydrogens (tertiary/aromatic N) is 1. The van der Waals surface area contributed by atoms with E-state index in [1.807, 2.05) is 6.07 Å². The maximum absolute atomic E-state index is 11.5. The van der Waals surface area contributed by atoms with Gasteiger partial charge in [-0.05, 0) is 25.5 Å². The first-order valence-electron chi connectivity index (χ1n) is 6.44. The van der Waals surface area contributed by atoms with Crippen LogP contribution < -0.4 is 4.90 Å². The lowest BCUT2D eigenvalue weighted by atomic mass is 10.0. The normalized spacial score (nSPS) is 15.3. The molecule has 1 aliphatic rings. The van der Waals surface area contributed by atoms with Crippen molar-refractivity contribution in [3.05, 3.63) is 35.9 Å². The first kappa shape index (κ1) is 13.6. The van der Waals surface area contributed by atoms with E-state index in [2.05, 4.69) is 11.5 Å². The zero-order chi connectivity index (χ0) is 13.8. The number of phenols is 1. The van der Waals surface area contributed by atoms with Gasteiger partial charge in [-0.15, -0.1) is 6.58 Å². The van der Waals surface area contributed by atoms with Gasteiger partial charge >= 0.3 is 0 Å². The number of hydrogen-bond donors (Lipinski definition) is 1. The number of morpholine rings is 1. The van der Waals surface area contributed by atoms with Crippen molar-refractivity contribution >= 4 is 11.5 Å². The van der Waals surface area contributed by atoms with Crippen molar-refractivity contribution in [2.45, 2.75) is 13.3 Å². The summed E-state index contributed by atoms with van der Waals surface area (Å²) >= 11 is 0. The van der Waals surface area contributed by atoms with Crippen LogP contribution in [0.1, 0.15) is 22.8 Å². The predicted molar refractivity (Wildman–Crippen MR) is 75.0 cm³/mol. The average molecular weight is 261 g/mol. The van der Waals surface area contributed by atoms with Gasteiger partial charge in [0.15, 0.2) is 5.78 Å². The number of benzene rings is 1. The smallest absolute Gasteiger partial charge is 0.163 e. The highest BCUT2D eigenvalue weighted by atomic mass is 16.5. The molecule has 19 heavy (non-hydrogen) atoms. The molecule has 0 atom stereocenters. The summed E-state index contributed by atoms with van der Waals surface area (Å²) in [5, 5.41) is 10.3. The molecule has 1 saturated heterocycles. The average Bonchev–Trinajstić information content (AvgIpc) is 2.41. The minimum Gasteiger partial charge on any atom is -0.507 e. The Kier molecular flexibility index (Phi) is 4.22. The maximum Gasteiger partial charge on any atom is 0.163 e. The first-order chi connectivity index (χ1) is 9.15. The van der Waals surface area contributed by atoms with Gasteiger partial charge in [-0.25, -0.2) is 0 Å². The molecule has 1 heterocycles. The maximum atomic E-state index is 11.5. The molecule has 0 aliphatic carbocycles. The molecular formula is C15H19NO3. The van der Waals surface area contributed by atoms with Gasteiger partial charge in [0.2, 0.25) is 0 Å². The summed E-state index contributed by atoms with van der Waals surface area (Å²) in [7, 11) is 0. The largest absolute Gasteiger partial charge is 0.507 e. The monoisotopic (exact) mass is 261 g/mol. The summed E-state index contributed by atoms with van der Waals surface area (Å²) in [6.07, 6.45) is 2.28. The lowest BCUT2D eigenvalue weighted by Gasteiger charge is -2.31. The second kappa shape index (κ2) is 5.89. The van der Waals surface area contributed by atoms with E-state index >= 15 is 0 Å². The van der Waals surface area contributed by atoms with Gasteiger partial charge in [-0.1, -0.05) is 6.08 Å². The second-order valence-electron chi connectivity index (χ2n) is 4.61. The number of ketones is 1. The van der Waals surface area contributed by atoms with Crippen LogP contribution in [0.2, 0.25) is 0 Å². The van der Waals surface area contributed by atoms with Crippen molar-refractivity contribution in [3.63, 3.8) is 0 Å². The summed E-state index contributed by atoms with van der Waals surface area (Å²) in [6.45, 7) is 8.13. The number of phenolic OH excluding ortho intramolecular Hbond substituents is 1. The molecule has 0 saturated carbocycles. The summed E-state index contributed by atoms with van der Waals surface area (Å²) in [5.74, 6) is -0.0484. The molecule has 0 unspecified atom stereocenters. The Bertz CT molecular complexity index is 490. The van der Waals surface area contributed by atoms with Crippen molar-refractivity contribution in [2.24, 2.45) is 0 Å². The molecule has 0 bridgehead atoms. The van der Waals surface area contributed by atoms with Crippen LogP contribution in [0.25, 0.3) is 0 Å². The van der Waals surface area contributed by atoms with Crippen molar-refractivity contribution in [1.82, 2.24) is 0 Å². The van der Waals surface area contributed by atoms with E-state index in [0.717, 1.165) is 24.3 Å². The number of rotatable bonds is 4. The Morgan fingerprint density at radius 3 is 2.74 bits per heavy atom. The number of carbonyl (C=O) groups is 1. The van der Waals surface area contributed by atoms with Gasteiger partial charge in [0.25, 0.3) is 0 Å². The molecule has 1 N–H and O–H groups in total. The number of Topliss-reactive ketones (excluding diaryl/α,β-unsaturated/α-hetero) is 1. The van der Waals surface area contributed by atoms with Crippen LogP contribution in [0.3, 0.4) is 0 Å².